The first-order valence-corrected chi connectivity index (χ1v) is 5.38. The Morgan fingerprint density at radius 1 is 1.29 bits per heavy atom. The topological polar surface area (TPSA) is 41.1 Å². The van der Waals surface area contributed by atoms with E-state index < -0.39 is 0 Å². The zero-order chi connectivity index (χ0) is 11.0. The predicted octanol–water partition coefficient (Wildman–Crippen LogP) is 1.54. The summed E-state index contributed by atoms with van der Waals surface area (Å²) >= 11 is 0. The van der Waals surface area contributed by atoms with Gasteiger partial charge in [-0.1, -0.05) is 6.92 Å². The van der Waals surface area contributed by atoms with E-state index in [0.717, 1.165) is 5.92 Å². The summed E-state index contributed by atoms with van der Waals surface area (Å²) in [5.74, 6) is 0.973. The van der Waals surface area contributed by atoms with Gasteiger partial charge in [-0.15, -0.1) is 0 Å². The summed E-state index contributed by atoms with van der Waals surface area (Å²) in [6.07, 6.45) is 3.46. The lowest BCUT2D eigenvalue weighted by atomic mass is 10.0. The molecule has 1 rings (SSSR count). The maximum Gasteiger partial charge on any atom is 0.207 e. The van der Waals surface area contributed by atoms with Gasteiger partial charge in [-0.2, -0.15) is 0 Å². The van der Waals surface area contributed by atoms with E-state index in [1.807, 2.05) is 20.8 Å². The first-order chi connectivity index (χ1) is 6.45. The van der Waals surface area contributed by atoms with Crippen LogP contribution in [0.2, 0.25) is 0 Å². The summed E-state index contributed by atoms with van der Waals surface area (Å²) in [7, 11) is 0. The molecule has 0 aromatic heterocycles. The summed E-state index contributed by atoms with van der Waals surface area (Å²) in [6, 6.07) is 0. The van der Waals surface area contributed by atoms with E-state index in [1.54, 1.807) is 0 Å². The van der Waals surface area contributed by atoms with Gasteiger partial charge < -0.3 is 10.6 Å². The molecular weight excluding hydrogens is 176 g/mol. The predicted molar refractivity (Wildman–Crippen MR) is 60.2 cm³/mol. The lowest BCUT2D eigenvalue weighted by Gasteiger charge is -2.17. The van der Waals surface area contributed by atoms with Crippen molar-refractivity contribution in [1.82, 2.24) is 10.6 Å². The molecule has 0 aromatic rings. The van der Waals surface area contributed by atoms with Gasteiger partial charge in [0.15, 0.2) is 0 Å². The molecule has 0 radical (unpaired) electrons. The highest BCUT2D eigenvalue weighted by atomic mass is 16.1. The summed E-state index contributed by atoms with van der Waals surface area (Å²) in [4.78, 5) is 9.71. The highest BCUT2D eigenvalue weighted by Crippen LogP contribution is 2.08. The molecule has 0 atom stereocenters. The molecule has 1 aliphatic heterocycles. The molecule has 1 amide bonds. The molecule has 84 valence electrons. The van der Waals surface area contributed by atoms with E-state index >= 15 is 0 Å². The normalized spacial score (nSPS) is 18.0. The number of amides is 1. The minimum Gasteiger partial charge on any atom is -0.354 e. The number of carbonyl (C=O) groups is 1. The molecule has 0 bridgehead atoms. The Morgan fingerprint density at radius 3 is 1.93 bits per heavy atom. The second-order valence-electron chi connectivity index (χ2n) is 4.94. The van der Waals surface area contributed by atoms with Gasteiger partial charge in [0.2, 0.25) is 6.41 Å². The number of hydrogen-bond donors (Lipinski definition) is 2. The van der Waals surface area contributed by atoms with E-state index in [9.17, 15) is 4.79 Å². The standard InChI is InChI=1S/C6H13N.C5H11NO/c1-6-2-4-7-5-3-6;1-5(2,3)6-4-7/h6-7H,2-5H2,1H3;4H,1-3H3,(H,6,7). The van der Waals surface area contributed by atoms with Gasteiger partial charge in [-0.05, 0) is 52.6 Å². The number of piperidine rings is 1. The average Bonchev–Trinajstić information content (AvgIpc) is 2.04. The fraction of sp³-hybridized carbons (Fsp3) is 0.909. The van der Waals surface area contributed by atoms with Crippen molar-refractivity contribution >= 4 is 6.41 Å². The minimum absolute atomic E-state index is 0.0677. The van der Waals surface area contributed by atoms with Crippen molar-refractivity contribution in [2.24, 2.45) is 5.92 Å². The van der Waals surface area contributed by atoms with Gasteiger partial charge in [-0.3, -0.25) is 4.79 Å². The Hall–Kier alpha value is -0.570. The third-order valence-electron chi connectivity index (χ3n) is 2.12. The van der Waals surface area contributed by atoms with E-state index in [4.69, 9.17) is 0 Å². The quantitative estimate of drug-likeness (QED) is 0.630. The van der Waals surface area contributed by atoms with Crippen molar-refractivity contribution < 1.29 is 4.79 Å². The molecule has 1 aliphatic rings. The Bertz CT molecular complexity index is 146. The molecule has 0 unspecified atom stereocenters. The molecule has 3 nitrogen and oxygen atoms in total. The Labute approximate surface area is 87.6 Å². The van der Waals surface area contributed by atoms with E-state index in [0.29, 0.717) is 6.41 Å². The van der Waals surface area contributed by atoms with Crippen LogP contribution in [0.25, 0.3) is 0 Å². The maximum atomic E-state index is 9.71. The van der Waals surface area contributed by atoms with Crippen LogP contribution >= 0.6 is 0 Å². The summed E-state index contributed by atoms with van der Waals surface area (Å²) in [5.41, 5.74) is -0.0677. The molecule has 1 saturated heterocycles. The van der Waals surface area contributed by atoms with Gasteiger partial charge in [-0.25, -0.2) is 0 Å². The van der Waals surface area contributed by atoms with Crippen LogP contribution in [0.5, 0.6) is 0 Å². The molecule has 1 fully saturated rings. The summed E-state index contributed by atoms with van der Waals surface area (Å²) in [6.45, 7) is 10.6. The number of carbonyl (C=O) groups excluding carboxylic acids is 1. The van der Waals surface area contributed by atoms with Crippen LogP contribution in [-0.4, -0.2) is 25.0 Å². The van der Waals surface area contributed by atoms with Crippen LogP contribution in [0.15, 0.2) is 0 Å². The monoisotopic (exact) mass is 200 g/mol. The van der Waals surface area contributed by atoms with Crippen LogP contribution in [0.3, 0.4) is 0 Å². The smallest absolute Gasteiger partial charge is 0.207 e. The molecule has 14 heavy (non-hydrogen) atoms. The van der Waals surface area contributed by atoms with Crippen molar-refractivity contribution in [3.8, 4) is 0 Å². The fourth-order valence-electron chi connectivity index (χ4n) is 1.14. The maximum absolute atomic E-state index is 9.71. The lowest BCUT2D eigenvalue weighted by molar-refractivity contribution is -0.110. The molecule has 2 N–H and O–H groups in total. The van der Waals surface area contributed by atoms with Crippen molar-refractivity contribution in [1.29, 1.82) is 0 Å². The first-order valence-electron chi connectivity index (χ1n) is 5.38. The van der Waals surface area contributed by atoms with Gasteiger partial charge in [0.25, 0.3) is 0 Å². The molecule has 0 saturated carbocycles. The van der Waals surface area contributed by atoms with Gasteiger partial charge in [0.05, 0.1) is 0 Å². The molecule has 3 heteroatoms. The SMILES string of the molecule is CC(C)(C)NC=O.CC1CCNCC1. The van der Waals surface area contributed by atoms with Gasteiger partial charge in [0, 0.05) is 5.54 Å². The zero-order valence-electron chi connectivity index (χ0n) is 9.89. The Balaban J connectivity index is 0.000000241. The number of hydrogen-bond acceptors (Lipinski definition) is 2. The minimum atomic E-state index is -0.0677. The lowest BCUT2D eigenvalue weighted by Crippen LogP contribution is -2.34. The molecule has 1 heterocycles. The highest BCUT2D eigenvalue weighted by Gasteiger charge is 2.05. The van der Waals surface area contributed by atoms with E-state index in [-0.39, 0.29) is 5.54 Å². The molecule has 0 spiro atoms. The van der Waals surface area contributed by atoms with Crippen molar-refractivity contribution in [2.45, 2.75) is 46.1 Å². The molecule has 0 aromatic carbocycles. The second kappa shape index (κ2) is 6.82. The summed E-state index contributed by atoms with van der Waals surface area (Å²) in [5, 5.41) is 5.92. The van der Waals surface area contributed by atoms with Crippen molar-refractivity contribution in [2.75, 3.05) is 13.1 Å². The van der Waals surface area contributed by atoms with E-state index in [2.05, 4.69) is 17.6 Å². The third-order valence-corrected chi connectivity index (χ3v) is 2.12. The third kappa shape index (κ3) is 9.52. The second-order valence-corrected chi connectivity index (χ2v) is 4.94. The number of rotatable bonds is 1. The van der Waals surface area contributed by atoms with Crippen LogP contribution in [0, 0.1) is 5.92 Å². The van der Waals surface area contributed by atoms with Crippen LogP contribution in [0.4, 0.5) is 0 Å². The van der Waals surface area contributed by atoms with Crippen molar-refractivity contribution in [3.63, 3.8) is 0 Å². The van der Waals surface area contributed by atoms with Crippen LogP contribution in [0.1, 0.15) is 40.5 Å². The molecular formula is C11H24N2O. The van der Waals surface area contributed by atoms with Crippen LogP contribution < -0.4 is 10.6 Å². The summed E-state index contributed by atoms with van der Waals surface area (Å²) < 4.78 is 0. The molecule has 0 aliphatic carbocycles. The van der Waals surface area contributed by atoms with Crippen LogP contribution in [-0.2, 0) is 4.79 Å². The Morgan fingerprint density at radius 2 is 1.79 bits per heavy atom. The van der Waals surface area contributed by atoms with Crippen molar-refractivity contribution in [3.05, 3.63) is 0 Å². The highest BCUT2D eigenvalue weighted by molar-refractivity contribution is 5.47. The van der Waals surface area contributed by atoms with Gasteiger partial charge >= 0.3 is 0 Å². The van der Waals surface area contributed by atoms with E-state index in [1.165, 1.54) is 25.9 Å². The largest absolute Gasteiger partial charge is 0.354 e. The first kappa shape index (κ1) is 13.4. The Kier molecular flexibility index (Phi) is 6.54. The average molecular weight is 200 g/mol. The fourth-order valence-corrected chi connectivity index (χ4v) is 1.14. The zero-order valence-corrected chi connectivity index (χ0v) is 9.89. The number of nitrogens with one attached hydrogen (secondary N) is 2. The van der Waals surface area contributed by atoms with Gasteiger partial charge in [0.1, 0.15) is 0 Å².